The molecule has 3 N–H and O–H groups in total. The summed E-state index contributed by atoms with van der Waals surface area (Å²) in [6.45, 7) is 4.68. The number of nitrogen functional groups attached to an aromatic ring is 1. The molecule has 0 aliphatic heterocycles. The molecule has 0 aromatic heterocycles. The van der Waals surface area contributed by atoms with Gasteiger partial charge in [0.1, 0.15) is 11.6 Å². The van der Waals surface area contributed by atoms with Gasteiger partial charge in [0.15, 0.2) is 0 Å². The van der Waals surface area contributed by atoms with E-state index in [4.69, 9.17) is 15.6 Å². The molecule has 1 unspecified atom stereocenters. The Kier molecular flexibility index (Phi) is 6.28. The molecule has 0 amide bonds. The molecule has 0 radical (unpaired) electrons. The highest BCUT2D eigenvalue weighted by Crippen LogP contribution is 2.26. The maximum atomic E-state index is 13.6. The highest BCUT2D eigenvalue weighted by Gasteiger charge is 2.15. The average Bonchev–Trinajstić information content (AvgIpc) is 2.41. The maximum Gasteiger partial charge on any atom is 0.338 e. The molecule has 0 spiro atoms. The van der Waals surface area contributed by atoms with Gasteiger partial charge in [-0.25, -0.2) is 9.18 Å². The van der Waals surface area contributed by atoms with Crippen LogP contribution < -0.4 is 10.5 Å². The first-order valence-electron chi connectivity index (χ1n) is 6.94. The van der Waals surface area contributed by atoms with E-state index in [0.717, 1.165) is 37.8 Å². The van der Waals surface area contributed by atoms with Crippen LogP contribution in [0, 0.1) is 11.7 Å². The molecule has 0 saturated heterocycles. The van der Waals surface area contributed by atoms with Crippen molar-refractivity contribution in [1.29, 1.82) is 0 Å². The Bertz CT molecular complexity index is 463. The summed E-state index contributed by atoms with van der Waals surface area (Å²) in [7, 11) is 0. The van der Waals surface area contributed by atoms with E-state index in [1.54, 1.807) is 0 Å². The molecule has 0 fully saturated rings. The molecule has 1 aromatic rings. The molecule has 112 valence electrons. The Morgan fingerprint density at radius 1 is 1.45 bits per heavy atom. The van der Waals surface area contributed by atoms with E-state index >= 15 is 0 Å². The zero-order chi connectivity index (χ0) is 15.1. The van der Waals surface area contributed by atoms with Crippen LogP contribution in [0.1, 0.15) is 49.9 Å². The molecule has 1 aromatic carbocycles. The van der Waals surface area contributed by atoms with Crippen LogP contribution in [0.3, 0.4) is 0 Å². The van der Waals surface area contributed by atoms with Crippen LogP contribution in [-0.4, -0.2) is 17.7 Å². The molecule has 0 bridgehead atoms. The Balaban J connectivity index is 2.73. The fourth-order valence-corrected chi connectivity index (χ4v) is 1.97. The van der Waals surface area contributed by atoms with Crippen molar-refractivity contribution in [3.63, 3.8) is 0 Å². The Morgan fingerprint density at radius 2 is 2.15 bits per heavy atom. The minimum absolute atomic E-state index is 0.147. The first-order chi connectivity index (χ1) is 9.49. The zero-order valence-electron chi connectivity index (χ0n) is 12.0. The van der Waals surface area contributed by atoms with Crippen LogP contribution in [-0.2, 0) is 0 Å². The number of unbranched alkanes of at least 4 members (excludes halogenated alkanes) is 1. The van der Waals surface area contributed by atoms with E-state index in [-0.39, 0.29) is 11.4 Å². The van der Waals surface area contributed by atoms with Gasteiger partial charge in [0.2, 0.25) is 0 Å². The molecule has 0 heterocycles. The molecular formula is C15H22FNO3. The number of anilines is 1. The first kappa shape index (κ1) is 16.3. The van der Waals surface area contributed by atoms with Crippen molar-refractivity contribution in [1.82, 2.24) is 0 Å². The average molecular weight is 283 g/mol. The summed E-state index contributed by atoms with van der Waals surface area (Å²) in [6.07, 6.45) is 4.29. The second-order valence-corrected chi connectivity index (χ2v) is 4.90. The lowest BCUT2D eigenvalue weighted by atomic mass is 10.0. The highest BCUT2D eigenvalue weighted by atomic mass is 19.1. The SMILES string of the molecule is CCCCC(CC)COc1cc(F)c(C(=O)O)cc1N. The van der Waals surface area contributed by atoms with Gasteiger partial charge < -0.3 is 15.6 Å². The summed E-state index contributed by atoms with van der Waals surface area (Å²) >= 11 is 0. The number of hydrogen-bond donors (Lipinski definition) is 2. The van der Waals surface area contributed by atoms with Crippen molar-refractivity contribution in [2.75, 3.05) is 12.3 Å². The lowest BCUT2D eigenvalue weighted by Gasteiger charge is -2.17. The molecular weight excluding hydrogens is 261 g/mol. The number of aromatic carboxylic acids is 1. The summed E-state index contributed by atoms with van der Waals surface area (Å²) in [5.41, 5.74) is 5.41. The monoisotopic (exact) mass is 283 g/mol. The van der Waals surface area contributed by atoms with E-state index < -0.39 is 17.3 Å². The number of halogens is 1. The zero-order valence-corrected chi connectivity index (χ0v) is 12.0. The fraction of sp³-hybridized carbons (Fsp3) is 0.533. The van der Waals surface area contributed by atoms with Gasteiger partial charge in [-0.15, -0.1) is 0 Å². The van der Waals surface area contributed by atoms with Crippen LogP contribution in [0.25, 0.3) is 0 Å². The van der Waals surface area contributed by atoms with Crippen LogP contribution >= 0.6 is 0 Å². The van der Waals surface area contributed by atoms with E-state index in [9.17, 15) is 9.18 Å². The largest absolute Gasteiger partial charge is 0.491 e. The number of carboxylic acids is 1. The standard InChI is InChI=1S/C15H22FNO3/c1-3-5-6-10(4-2)9-20-14-8-12(16)11(15(18)19)7-13(14)17/h7-8,10H,3-6,9,17H2,1-2H3,(H,18,19). The van der Waals surface area contributed by atoms with Gasteiger partial charge in [0.05, 0.1) is 17.9 Å². The molecule has 0 aliphatic carbocycles. The Hall–Kier alpha value is -1.78. The summed E-state index contributed by atoms with van der Waals surface area (Å²) in [5.74, 6) is -1.56. The lowest BCUT2D eigenvalue weighted by molar-refractivity contribution is 0.0692. The molecule has 1 atom stereocenters. The minimum Gasteiger partial charge on any atom is -0.491 e. The quantitative estimate of drug-likeness (QED) is 0.713. The van der Waals surface area contributed by atoms with Gasteiger partial charge in [0.25, 0.3) is 0 Å². The third-order valence-electron chi connectivity index (χ3n) is 3.35. The van der Waals surface area contributed by atoms with Gasteiger partial charge in [-0.05, 0) is 18.4 Å². The van der Waals surface area contributed by atoms with Crippen molar-refractivity contribution in [2.24, 2.45) is 5.92 Å². The van der Waals surface area contributed by atoms with E-state index in [0.29, 0.717) is 12.5 Å². The van der Waals surface area contributed by atoms with Gasteiger partial charge in [-0.1, -0.05) is 33.1 Å². The van der Waals surface area contributed by atoms with Crippen molar-refractivity contribution >= 4 is 11.7 Å². The number of carbonyl (C=O) groups is 1. The number of ether oxygens (including phenoxy) is 1. The van der Waals surface area contributed by atoms with Gasteiger partial charge >= 0.3 is 5.97 Å². The number of benzene rings is 1. The summed E-state index contributed by atoms with van der Waals surface area (Å²) in [6, 6.07) is 2.14. The summed E-state index contributed by atoms with van der Waals surface area (Å²) in [4.78, 5) is 10.8. The molecule has 5 heteroatoms. The van der Waals surface area contributed by atoms with E-state index in [1.165, 1.54) is 0 Å². The normalized spacial score (nSPS) is 12.2. The highest BCUT2D eigenvalue weighted by molar-refractivity contribution is 5.89. The first-order valence-corrected chi connectivity index (χ1v) is 6.94. The number of hydrogen-bond acceptors (Lipinski definition) is 3. The van der Waals surface area contributed by atoms with Gasteiger partial charge in [0, 0.05) is 6.07 Å². The molecule has 4 nitrogen and oxygen atoms in total. The molecule has 1 rings (SSSR count). The fourth-order valence-electron chi connectivity index (χ4n) is 1.97. The van der Waals surface area contributed by atoms with Gasteiger partial charge in [-0.2, -0.15) is 0 Å². The van der Waals surface area contributed by atoms with Gasteiger partial charge in [-0.3, -0.25) is 0 Å². The van der Waals surface area contributed by atoms with Crippen LogP contribution in [0.15, 0.2) is 12.1 Å². The minimum atomic E-state index is -1.34. The smallest absolute Gasteiger partial charge is 0.338 e. The second-order valence-electron chi connectivity index (χ2n) is 4.90. The van der Waals surface area contributed by atoms with Crippen molar-refractivity contribution < 1.29 is 19.0 Å². The number of rotatable bonds is 8. The van der Waals surface area contributed by atoms with Crippen LogP contribution in [0.2, 0.25) is 0 Å². The Labute approximate surface area is 118 Å². The lowest BCUT2D eigenvalue weighted by Crippen LogP contribution is -2.13. The molecule has 20 heavy (non-hydrogen) atoms. The van der Waals surface area contributed by atoms with Crippen molar-refractivity contribution in [3.05, 3.63) is 23.5 Å². The third kappa shape index (κ3) is 4.40. The topological polar surface area (TPSA) is 72.5 Å². The predicted molar refractivity (Wildman–Crippen MR) is 76.6 cm³/mol. The Morgan fingerprint density at radius 3 is 2.70 bits per heavy atom. The van der Waals surface area contributed by atoms with Crippen molar-refractivity contribution in [2.45, 2.75) is 39.5 Å². The third-order valence-corrected chi connectivity index (χ3v) is 3.35. The van der Waals surface area contributed by atoms with E-state index in [1.807, 2.05) is 0 Å². The maximum absolute atomic E-state index is 13.6. The summed E-state index contributed by atoms with van der Waals surface area (Å²) in [5, 5.41) is 8.80. The second kappa shape index (κ2) is 7.72. The number of nitrogens with two attached hydrogens (primary N) is 1. The van der Waals surface area contributed by atoms with E-state index in [2.05, 4.69) is 13.8 Å². The van der Waals surface area contributed by atoms with Crippen molar-refractivity contribution in [3.8, 4) is 5.75 Å². The number of carboxylic acid groups (broad SMARTS) is 1. The van der Waals surface area contributed by atoms with Crippen LogP contribution in [0.4, 0.5) is 10.1 Å². The van der Waals surface area contributed by atoms with Crippen LogP contribution in [0.5, 0.6) is 5.75 Å². The predicted octanol–water partition coefficient (Wildman–Crippen LogP) is 3.70. The summed E-state index contributed by atoms with van der Waals surface area (Å²) < 4.78 is 19.1. The molecule has 0 saturated carbocycles. The molecule has 0 aliphatic rings.